The molecular weight excluding hydrogens is 755 g/mol. The van der Waals surface area contributed by atoms with E-state index in [2.05, 4.69) is 43.0 Å². The maximum Gasteiger partial charge on any atom is 0.487 e. The van der Waals surface area contributed by atoms with Gasteiger partial charge in [0.2, 0.25) is 0 Å². The molecule has 11 nitrogen and oxygen atoms in total. The van der Waals surface area contributed by atoms with E-state index in [1.807, 2.05) is 16.2 Å². The molecule has 6 aliphatic rings. The number of hydrogen-bond acceptors (Lipinski definition) is 9. The largest absolute Gasteiger partial charge is 0.554 e. The Morgan fingerprint density at radius 2 is 1.26 bits per heavy atom. The smallest absolute Gasteiger partial charge is 0.487 e. The summed E-state index contributed by atoms with van der Waals surface area (Å²) in [7, 11) is 0. The molecule has 8 rings (SSSR count). The first-order valence-corrected chi connectivity index (χ1v) is 17.3. The maximum absolute atomic E-state index is 10.5. The van der Waals surface area contributed by atoms with Crippen LogP contribution in [0.2, 0.25) is 0 Å². The van der Waals surface area contributed by atoms with Crippen LogP contribution in [0.1, 0.15) is 18.2 Å². The lowest BCUT2D eigenvalue weighted by atomic mass is 10.1. The molecule has 1 aromatic heterocycles. The van der Waals surface area contributed by atoms with E-state index in [9.17, 15) is 39.5 Å². The summed E-state index contributed by atoms with van der Waals surface area (Å²) in [6, 6.07) is 8.74. The SMILES string of the molecule is CCC[N+]12CC[NH+](CC1)CC2.Cc1cc2cc(OCC[N+]34CCN(CC3)CC4)ccc2s1.FC(F)(F)C(F)(F)F.O=C([O-])C(F)(F)F.O=C[O-].O=C[O-]. The summed E-state index contributed by atoms with van der Waals surface area (Å²) in [4.78, 5) is 31.1. The molecule has 53 heavy (non-hydrogen) atoms. The van der Waals surface area contributed by atoms with Gasteiger partial charge in [0.1, 0.15) is 64.1 Å². The van der Waals surface area contributed by atoms with Gasteiger partial charge in [0, 0.05) is 42.2 Å². The summed E-state index contributed by atoms with van der Waals surface area (Å²) in [5, 5.41) is 26.6. The molecule has 0 amide bonds. The van der Waals surface area contributed by atoms with Crippen molar-refractivity contribution in [1.82, 2.24) is 4.90 Å². The summed E-state index contributed by atoms with van der Waals surface area (Å²) >= 11 is 1.85. The highest BCUT2D eigenvalue weighted by atomic mass is 32.1. The molecule has 0 radical (unpaired) electrons. The predicted octanol–water partition coefficient (Wildman–Crippen LogP) is 0.00162. The average Bonchev–Trinajstić information content (AvgIpc) is 3.46. The second-order valence-electron chi connectivity index (χ2n) is 12.7. The summed E-state index contributed by atoms with van der Waals surface area (Å²) in [6.45, 7) is 23.4. The Morgan fingerprint density at radius 3 is 1.66 bits per heavy atom. The number of hydrogen-bond donors (Lipinski definition) is 1. The number of nitrogens with zero attached hydrogens (tertiary/aromatic N) is 3. The molecule has 1 aromatic carbocycles. The van der Waals surface area contributed by atoms with E-state index in [0.29, 0.717) is 0 Å². The predicted molar refractivity (Wildman–Crippen MR) is 169 cm³/mol. The summed E-state index contributed by atoms with van der Waals surface area (Å²) in [5.74, 6) is -1.98. The molecule has 21 heteroatoms. The third kappa shape index (κ3) is 16.7. The zero-order valence-corrected chi connectivity index (χ0v) is 30.1. The van der Waals surface area contributed by atoms with E-state index in [1.165, 1.54) is 115 Å². The molecule has 304 valence electrons. The summed E-state index contributed by atoms with van der Waals surface area (Å²) in [5.41, 5.74) is 0. The van der Waals surface area contributed by atoms with E-state index >= 15 is 0 Å². The van der Waals surface area contributed by atoms with Gasteiger partial charge < -0.3 is 48.3 Å². The first-order chi connectivity index (χ1) is 24.6. The van der Waals surface area contributed by atoms with Gasteiger partial charge in [0.25, 0.3) is 0 Å². The Hall–Kier alpha value is -3.40. The molecule has 0 saturated carbocycles. The van der Waals surface area contributed by atoms with E-state index in [4.69, 9.17) is 34.4 Å². The third-order valence-corrected chi connectivity index (χ3v) is 10.2. The monoisotopic (exact) mass is 800 g/mol. The van der Waals surface area contributed by atoms with Crippen LogP contribution in [0, 0.1) is 6.92 Å². The Labute approximate surface area is 304 Å². The van der Waals surface area contributed by atoms with Crippen molar-refractivity contribution in [3.8, 4) is 5.75 Å². The van der Waals surface area contributed by atoms with Gasteiger partial charge in [0.05, 0.1) is 26.2 Å². The number of aliphatic carboxylic acids is 1. The van der Waals surface area contributed by atoms with Crippen LogP contribution < -0.4 is 25.0 Å². The van der Waals surface area contributed by atoms with Crippen LogP contribution in [0.4, 0.5) is 39.5 Å². The minimum absolute atomic E-state index is 0.500. The van der Waals surface area contributed by atoms with E-state index < -0.39 is 37.4 Å². The fraction of sp³-hybridized carbons (Fsp3) is 0.656. The molecule has 6 aliphatic heterocycles. The number of carboxylic acid groups (broad SMARTS) is 3. The van der Waals surface area contributed by atoms with Crippen molar-refractivity contribution in [2.75, 3.05) is 98.2 Å². The van der Waals surface area contributed by atoms with Gasteiger partial charge in [0.15, 0.2) is 0 Å². The summed E-state index contributed by atoms with van der Waals surface area (Å²) < 4.78 is 104. The Kier molecular flexibility index (Phi) is 19.3. The number of carbonyl (C=O) groups excluding carboxylic acids is 3. The lowest BCUT2D eigenvalue weighted by Gasteiger charge is -2.50. The van der Waals surface area contributed by atoms with Crippen molar-refractivity contribution in [2.24, 2.45) is 0 Å². The number of nitrogens with one attached hydrogen (secondary N) is 1. The standard InChI is InChI=1S/C17H23N2OS.C9H19N2.C2F6.C2HF3O2.2CH2O2/c1-14-12-15-13-16(2-3-17(15)21-14)20-11-10-19-7-4-18(5-8-19)6-9-19;1-2-6-11-7-3-10(4-8-11)5-9-11;3-1(4,5)2(6,7)8;3-2(4,5)1(6)7;2*2-1-3/h2-3,12-13H,4-11H2,1H3;2-9H2,1H3;;(H,6,7);2*1H,(H,2,3)/q2*+1;;;;/p-2. The molecule has 6 fully saturated rings. The number of rotatable bonds is 6. The van der Waals surface area contributed by atoms with Gasteiger partial charge in [-0.2, -0.15) is 39.5 Å². The summed E-state index contributed by atoms with van der Waals surface area (Å²) in [6.07, 6.45) is -15.9. The minimum atomic E-state index is -6.06. The lowest BCUT2D eigenvalue weighted by molar-refractivity contribution is -1.07. The Balaban J connectivity index is 0.000000371. The number of halogens is 9. The average molecular weight is 801 g/mol. The lowest BCUT2D eigenvalue weighted by Crippen LogP contribution is -3.19. The topological polar surface area (TPSA) is 137 Å². The fourth-order valence-electron chi connectivity index (χ4n) is 6.37. The van der Waals surface area contributed by atoms with Crippen LogP contribution in [0.15, 0.2) is 24.3 Å². The number of thiophene rings is 1. The fourth-order valence-corrected chi connectivity index (χ4v) is 7.28. The van der Waals surface area contributed by atoms with Crippen molar-refractivity contribution in [2.45, 2.75) is 38.8 Å². The van der Waals surface area contributed by atoms with Crippen LogP contribution >= 0.6 is 11.3 Å². The molecule has 0 unspecified atom stereocenters. The molecule has 2 aromatic rings. The van der Waals surface area contributed by atoms with Gasteiger partial charge in [-0.05, 0) is 43.0 Å². The number of alkyl halides is 9. The number of piperazine rings is 6. The third-order valence-electron chi connectivity index (χ3n) is 9.19. The number of aryl methyl sites for hydroxylation is 1. The first kappa shape index (κ1) is 47.6. The highest BCUT2D eigenvalue weighted by Gasteiger charge is 2.58. The van der Waals surface area contributed by atoms with E-state index in [-0.39, 0.29) is 0 Å². The van der Waals surface area contributed by atoms with Gasteiger partial charge in [-0.1, -0.05) is 6.92 Å². The van der Waals surface area contributed by atoms with Crippen molar-refractivity contribution in [1.29, 1.82) is 0 Å². The second kappa shape index (κ2) is 21.5. The van der Waals surface area contributed by atoms with Gasteiger partial charge >= 0.3 is 18.5 Å². The minimum Gasteiger partial charge on any atom is -0.554 e. The normalized spacial score (nSPS) is 24.1. The number of carbonyl (C=O) groups is 3. The molecule has 0 aliphatic carbocycles. The molecule has 0 atom stereocenters. The Bertz CT molecular complexity index is 1340. The van der Waals surface area contributed by atoms with Gasteiger partial charge in [-0.15, -0.1) is 11.3 Å². The van der Waals surface area contributed by atoms with Crippen molar-refractivity contribution in [3.63, 3.8) is 0 Å². The zero-order chi connectivity index (χ0) is 40.5. The number of carboxylic acids is 1. The van der Waals surface area contributed by atoms with Crippen LogP contribution in [0.5, 0.6) is 5.75 Å². The molecule has 4 bridgehead atoms. The number of ether oxygens (including phenoxy) is 1. The van der Waals surface area contributed by atoms with Crippen LogP contribution in [0.3, 0.4) is 0 Å². The first-order valence-electron chi connectivity index (χ1n) is 16.5. The number of quaternary nitrogens is 3. The number of benzene rings is 1. The van der Waals surface area contributed by atoms with Gasteiger partial charge in [-0.25, -0.2) is 0 Å². The highest BCUT2D eigenvalue weighted by Crippen LogP contribution is 2.36. The quantitative estimate of drug-likeness (QED) is 0.245. The molecular formula is C32H45F9N4O7S. The van der Waals surface area contributed by atoms with Crippen LogP contribution in [0.25, 0.3) is 10.1 Å². The van der Waals surface area contributed by atoms with Crippen molar-refractivity contribution < 1.29 is 87.8 Å². The van der Waals surface area contributed by atoms with E-state index in [1.54, 1.807) is 0 Å². The molecule has 6 saturated heterocycles. The molecule has 0 spiro atoms. The van der Waals surface area contributed by atoms with E-state index in [0.717, 1.165) is 18.9 Å². The molecule has 1 N–H and O–H groups in total. The highest BCUT2D eigenvalue weighted by molar-refractivity contribution is 7.19. The Morgan fingerprint density at radius 1 is 0.830 bits per heavy atom. The van der Waals surface area contributed by atoms with Crippen LogP contribution in [-0.4, -0.2) is 150 Å². The van der Waals surface area contributed by atoms with Crippen molar-refractivity contribution in [3.05, 3.63) is 29.1 Å². The van der Waals surface area contributed by atoms with Gasteiger partial charge in [-0.3, -0.25) is 4.90 Å². The zero-order valence-electron chi connectivity index (χ0n) is 29.3. The number of fused-ring (bicyclic) bond motifs is 7. The second-order valence-corrected chi connectivity index (χ2v) is 14.0. The maximum atomic E-state index is 10.5. The van der Waals surface area contributed by atoms with Crippen molar-refractivity contribution >= 4 is 40.3 Å². The van der Waals surface area contributed by atoms with Crippen LogP contribution in [-0.2, 0) is 14.4 Å². The molecule has 7 heterocycles.